The molecule has 1 aromatic heterocycles. The highest BCUT2D eigenvalue weighted by Gasteiger charge is 2.30. The van der Waals surface area contributed by atoms with Crippen LogP contribution in [0.3, 0.4) is 0 Å². The summed E-state index contributed by atoms with van der Waals surface area (Å²) in [5, 5.41) is 6.45. The van der Waals surface area contributed by atoms with E-state index in [2.05, 4.69) is 10.2 Å². The highest BCUT2D eigenvalue weighted by molar-refractivity contribution is 6.34. The van der Waals surface area contributed by atoms with Gasteiger partial charge in [0.05, 0.1) is 10.9 Å². The van der Waals surface area contributed by atoms with E-state index in [1.165, 1.54) is 30.3 Å². The van der Waals surface area contributed by atoms with Crippen molar-refractivity contribution in [1.82, 2.24) is 10.2 Å². The van der Waals surface area contributed by atoms with Crippen molar-refractivity contribution in [3.63, 3.8) is 0 Å². The van der Waals surface area contributed by atoms with Gasteiger partial charge in [-0.3, -0.25) is 9.59 Å². The van der Waals surface area contributed by atoms with Gasteiger partial charge in [0.2, 0.25) is 0 Å². The summed E-state index contributed by atoms with van der Waals surface area (Å²) in [6, 6.07) is 8.88. The van der Waals surface area contributed by atoms with Crippen LogP contribution in [0.15, 0.2) is 47.3 Å². The van der Waals surface area contributed by atoms with Crippen LogP contribution in [-0.2, 0) is 12.6 Å². The fraction of sp³-hybridized carbons (Fsp3) is 0.118. The highest BCUT2D eigenvalue weighted by Crippen LogP contribution is 2.30. The Labute approximate surface area is 144 Å². The Bertz CT molecular complexity index is 1030. The van der Waals surface area contributed by atoms with Gasteiger partial charge in [-0.05, 0) is 23.8 Å². The molecule has 0 aliphatic heterocycles. The highest BCUT2D eigenvalue weighted by atomic mass is 35.5. The van der Waals surface area contributed by atoms with Crippen molar-refractivity contribution in [3.05, 3.63) is 74.7 Å². The number of nitrogens with one attached hydrogen (secondary N) is 1. The van der Waals surface area contributed by atoms with E-state index in [-0.39, 0.29) is 28.1 Å². The van der Waals surface area contributed by atoms with Crippen molar-refractivity contribution < 1.29 is 18.0 Å². The van der Waals surface area contributed by atoms with Gasteiger partial charge in [-0.25, -0.2) is 5.10 Å². The molecule has 2 aromatic carbocycles. The van der Waals surface area contributed by atoms with E-state index in [9.17, 15) is 22.8 Å². The van der Waals surface area contributed by atoms with Crippen LogP contribution in [0.4, 0.5) is 13.2 Å². The molecule has 0 atom stereocenters. The number of ketones is 1. The molecule has 0 radical (unpaired) electrons. The minimum atomic E-state index is -4.47. The van der Waals surface area contributed by atoms with E-state index in [4.69, 9.17) is 11.6 Å². The maximum atomic E-state index is 12.7. The van der Waals surface area contributed by atoms with Gasteiger partial charge in [-0.15, -0.1) is 0 Å². The monoisotopic (exact) mass is 366 g/mol. The number of nitrogens with zero attached hydrogens (tertiary/aromatic N) is 1. The Hall–Kier alpha value is -2.67. The molecule has 0 saturated heterocycles. The summed E-state index contributed by atoms with van der Waals surface area (Å²) < 4.78 is 38.2. The summed E-state index contributed by atoms with van der Waals surface area (Å²) in [5.41, 5.74) is -0.777. The minimum absolute atomic E-state index is 0.0309. The molecule has 0 spiro atoms. The van der Waals surface area contributed by atoms with Crippen LogP contribution in [0, 0.1) is 0 Å². The molecule has 0 aliphatic carbocycles. The normalized spacial score (nSPS) is 11.7. The number of alkyl halides is 3. The first-order chi connectivity index (χ1) is 11.8. The molecule has 1 heterocycles. The van der Waals surface area contributed by atoms with Crippen molar-refractivity contribution in [2.24, 2.45) is 0 Å². The third-order valence-corrected chi connectivity index (χ3v) is 3.97. The van der Waals surface area contributed by atoms with Crippen molar-refractivity contribution in [2.45, 2.75) is 12.6 Å². The summed E-state index contributed by atoms with van der Waals surface area (Å²) in [5.74, 6) is -0.391. The van der Waals surface area contributed by atoms with Gasteiger partial charge in [-0.1, -0.05) is 35.9 Å². The molecule has 0 aliphatic rings. The fourth-order valence-electron chi connectivity index (χ4n) is 2.45. The molecule has 3 aromatic rings. The molecule has 128 valence electrons. The zero-order valence-electron chi connectivity index (χ0n) is 12.5. The molecule has 4 nitrogen and oxygen atoms in total. The third kappa shape index (κ3) is 3.56. The number of carbonyl (C=O) groups excluding carboxylic acids is 1. The van der Waals surface area contributed by atoms with Gasteiger partial charge in [0, 0.05) is 17.4 Å². The summed E-state index contributed by atoms with van der Waals surface area (Å²) >= 11 is 5.92. The number of fused-ring (bicyclic) bond motifs is 1. The molecule has 3 rings (SSSR count). The van der Waals surface area contributed by atoms with E-state index in [1.807, 2.05) is 0 Å². The van der Waals surface area contributed by atoms with Crippen molar-refractivity contribution in [2.75, 3.05) is 0 Å². The number of H-pyrrole nitrogens is 1. The van der Waals surface area contributed by atoms with Crippen LogP contribution in [0.25, 0.3) is 10.8 Å². The first kappa shape index (κ1) is 17.2. The van der Waals surface area contributed by atoms with Crippen LogP contribution >= 0.6 is 11.6 Å². The van der Waals surface area contributed by atoms with Gasteiger partial charge in [0.15, 0.2) is 10.9 Å². The Morgan fingerprint density at radius 3 is 2.60 bits per heavy atom. The minimum Gasteiger partial charge on any atom is -0.294 e. The van der Waals surface area contributed by atoms with Gasteiger partial charge in [0.25, 0.3) is 5.56 Å². The van der Waals surface area contributed by atoms with Crippen molar-refractivity contribution in [1.29, 1.82) is 0 Å². The van der Waals surface area contributed by atoms with E-state index >= 15 is 0 Å². The molecular weight excluding hydrogens is 357 g/mol. The maximum absolute atomic E-state index is 12.7. The smallest absolute Gasteiger partial charge is 0.294 e. The second-order valence-corrected chi connectivity index (χ2v) is 5.76. The zero-order valence-corrected chi connectivity index (χ0v) is 13.3. The Balaban J connectivity index is 1.93. The first-order valence-electron chi connectivity index (χ1n) is 7.13. The molecule has 0 bridgehead atoms. The van der Waals surface area contributed by atoms with E-state index in [0.29, 0.717) is 5.39 Å². The second-order valence-electron chi connectivity index (χ2n) is 5.40. The average Bonchev–Trinajstić information content (AvgIpc) is 2.57. The predicted molar refractivity (Wildman–Crippen MR) is 86.9 cm³/mol. The van der Waals surface area contributed by atoms with Crippen molar-refractivity contribution >= 4 is 28.2 Å². The molecule has 1 N–H and O–H groups in total. The molecule has 25 heavy (non-hydrogen) atoms. The number of aromatic amines is 1. The Kier molecular flexibility index (Phi) is 4.34. The maximum Gasteiger partial charge on any atom is 0.416 e. The first-order valence-corrected chi connectivity index (χ1v) is 7.51. The Morgan fingerprint density at radius 2 is 1.88 bits per heavy atom. The van der Waals surface area contributed by atoms with E-state index in [1.54, 1.807) is 0 Å². The SMILES string of the molecule is O=C(Cc1cccc(C(F)(F)F)c1)c1ccc2c(=O)[nH]nc(Cl)c2c1. The second kappa shape index (κ2) is 6.33. The zero-order chi connectivity index (χ0) is 18.2. The van der Waals surface area contributed by atoms with Crippen LogP contribution in [0.1, 0.15) is 21.5 Å². The Morgan fingerprint density at radius 1 is 1.12 bits per heavy atom. The van der Waals surface area contributed by atoms with Gasteiger partial charge in [-0.2, -0.15) is 18.3 Å². The fourth-order valence-corrected chi connectivity index (χ4v) is 2.65. The van der Waals surface area contributed by atoms with Crippen LogP contribution in [0.5, 0.6) is 0 Å². The third-order valence-electron chi connectivity index (χ3n) is 3.68. The predicted octanol–water partition coefficient (Wildman–Crippen LogP) is 4.02. The summed E-state index contributed by atoms with van der Waals surface area (Å²) in [7, 11) is 0. The standard InChI is InChI=1S/C17H10ClF3N2O2/c18-15-13-8-10(4-5-12(13)16(25)23-22-15)14(24)7-9-2-1-3-11(6-9)17(19,20)21/h1-6,8H,7H2,(H,23,25). The molecule has 0 saturated carbocycles. The lowest BCUT2D eigenvalue weighted by molar-refractivity contribution is -0.137. The van der Waals surface area contributed by atoms with Gasteiger partial charge < -0.3 is 0 Å². The van der Waals surface area contributed by atoms with Crippen LogP contribution in [0.2, 0.25) is 5.15 Å². The summed E-state index contributed by atoms with van der Waals surface area (Å²) in [6.07, 6.45) is -4.67. The van der Waals surface area contributed by atoms with Crippen molar-refractivity contribution in [3.8, 4) is 0 Å². The van der Waals surface area contributed by atoms with Crippen LogP contribution in [-0.4, -0.2) is 16.0 Å². The summed E-state index contributed by atoms with van der Waals surface area (Å²) in [6.45, 7) is 0. The number of aromatic nitrogens is 2. The molecular formula is C17H10ClF3N2O2. The molecule has 0 unspecified atom stereocenters. The number of hydrogen-bond acceptors (Lipinski definition) is 3. The van der Waals surface area contributed by atoms with Gasteiger partial charge in [0.1, 0.15) is 0 Å². The number of hydrogen-bond donors (Lipinski definition) is 1. The lowest BCUT2D eigenvalue weighted by Gasteiger charge is -2.09. The molecule has 8 heteroatoms. The quantitative estimate of drug-likeness (QED) is 0.712. The molecule has 0 fully saturated rings. The number of halogens is 4. The average molecular weight is 367 g/mol. The van der Waals surface area contributed by atoms with Gasteiger partial charge >= 0.3 is 6.18 Å². The number of carbonyl (C=O) groups is 1. The van der Waals surface area contributed by atoms with E-state index < -0.39 is 23.1 Å². The topological polar surface area (TPSA) is 62.8 Å². The number of Topliss-reactive ketones (excluding diaryl/α,β-unsaturated/α-hetero) is 1. The largest absolute Gasteiger partial charge is 0.416 e. The number of benzene rings is 2. The lowest BCUT2D eigenvalue weighted by atomic mass is 10.00. The van der Waals surface area contributed by atoms with Crippen LogP contribution < -0.4 is 5.56 Å². The molecule has 0 amide bonds. The lowest BCUT2D eigenvalue weighted by Crippen LogP contribution is -2.10. The number of rotatable bonds is 3. The summed E-state index contributed by atoms with van der Waals surface area (Å²) in [4.78, 5) is 24.1. The van der Waals surface area contributed by atoms with E-state index in [0.717, 1.165) is 12.1 Å².